The number of halogens is 1. The molecule has 1 aromatic heterocycles. The fourth-order valence-electron chi connectivity index (χ4n) is 2.14. The number of aryl methyl sites for hydroxylation is 2. The van der Waals surface area contributed by atoms with E-state index < -0.39 is 0 Å². The third kappa shape index (κ3) is 2.27. The molecule has 0 bridgehead atoms. The van der Waals surface area contributed by atoms with Crippen LogP contribution in [0.2, 0.25) is 0 Å². The van der Waals surface area contributed by atoms with E-state index in [1.807, 2.05) is 4.68 Å². The molecule has 5 heteroatoms. The molecule has 0 spiro atoms. The molecule has 0 aliphatic rings. The van der Waals surface area contributed by atoms with E-state index in [1.54, 1.807) is 0 Å². The highest BCUT2D eigenvalue weighted by atomic mass is 79.9. The Hall–Kier alpha value is -1.36. The number of hydrogen-bond donors (Lipinski definition) is 1. The Morgan fingerprint density at radius 3 is 2.67 bits per heavy atom. The third-order valence-corrected chi connectivity index (χ3v) is 3.49. The van der Waals surface area contributed by atoms with E-state index in [-0.39, 0.29) is 0 Å². The number of aromatic nitrogens is 3. The predicted octanol–water partition coefficient (Wildman–Crippen LogP) is 3.18. The molecule has 0 amide bonds. The van der Waals surface area contributed by atoms with Crippen LogP contribution < -0.4 is 5.73 Å². The molecule has 4 nitrogen and oxygen atoms in total. The van der Waals surface area contributed by atoms with Crippen molar-refractivity contribution in [1.29, 1.82) is 0 Å². The van der Waals surface area contributed by atoms with Gasteiger partial charge in [0.1, 0.15) is 0 Å². The van der Waals surface area contributed by atoms with Gasteiger partial charge in [-0.1, -0.05) is 24.6 Å². The third-order valence-electron chi connectivity index (χ3n) is 2.89. The Morgan fingerprint density at radius 2 is 2.06 bits per heavy atom. The largest absolute Gasteiger partial charge is 0.381 e. The predicted molar refractivity (Wildman–Crippen MR) is 76.9 cm³/mol. The normalized spacial score (nSPS) is 10.9. The zero-order chi connectivity index (χ0) is 13.3. The Morgan fingerprint density at radius 1 is 1.33 bits per heavy atom. The maximum atomic E-state index is 5.89. The zero-order valence-electron chi connectivity index (χ0n) is 10.9. The van der Waals surface area contributed by atoms with Crippen LogP contribution in [0.5, 0.6) is 0 Å². The van der Waals surface area contributed by atoms with E-state index in [0.29, 0.717) is 5.82 Å². The maximum absolute atomic E-state index is 5.89. The van der Waals surface area contributed by atoms with Gasteiger partial charge in [-0.15, -0.1) is 5.10 Å². The summed E-state index contributed by atoms with van der Waals surface area (Å²) in [5.41, 5.74) is 10.3. The van der Waals surface area contributed by atoms with Gasteiger partial charge in [-0.25, -0.2) is 4.68 Å². The fourth-order valence-corrected chi connectivity index (χ4v) is 2.98. The van der Waals surface area contributed by atoms with Crippen molar-refractivity contribution in [3.8, 4) is 5.69 Å². The van der Waals surface area contributed by atoms with Gasteiger partial charge in [-0.05, 0) is 53.4 Å². The van der Waals surface area contributed by atoms with Crippen LogP contribution in [0.3, 0.4) is 0 Å². The molecular weight excluding hydrogens is 292 g/mol. The Balaban J connectivity index is 2.62. The van der Waals surface area contributed by atoms with Crippen molar-refractivity contribution in [2.75, 3.05) is 5.73 Å². The summed E-state index contributed by atoms with van der Waals surface area (Å²) in [4.78, 5) is 0. The van der Waals surface area contributed by atoms with Crippen LogP contribution >= 0.6 is 15.9 Å². The van der Waals surface area contributed by atoms with Crippen molar-refractivity contribution in [3.63, 3.8) is 0 Å². The molecule has 96 valence electrons. The van der Waals surface area contributed by atoms with Crippen LogP contribution in [-0.4, -0.2) is 15.0 Å². The lowest BCUT2D eigenvalue weighted by Crippen LogP contribution is -2.06. The quantitative estimate of drug-likeness (QED) is 0.947. The summed E-state index contributed by atoms with van der Waals surface area (Å²) in [6.45, 7) is 6.26. The molecule has 0 saturated carbocycles. The number of nitrogens with two attached hydrogens (primary N) is 1. The molecule has 0 radical (unpaired) electrons. The van der Waals surface area contributed by atoms with Crippen LogP contribution in [0, 0.1) is 13.8 Å². The second-order valence-corrected chi connectivity index (χ2v) is 5.35. The van der Waals surface area contributed by atoms with E-state index in [0.717, 1.165) is 34.3 Å². The smallest absolute Gasteiger partial charge is 0.169 e. The number of benzene rings is 1. The summed E-state index contributed by atoms with van der Waals surface area (Å²) in [5, 5.41) is 8.15. The van der Waals surface area contributed by atoms with Crippen molar-refractivity contribution < 1.29 is 0 Å². The molecule has 0 fully saturated rings. The molecule has 0 atom stereocenters. The Bertz CT molecular complexity index is 551. The summed E-state index contributed by atoms with van der Waals surface area (Å²) in [7, 11) is 0. The fraction of sp³-hybridized carbons (Fsp3) is 0.385. The van der Waals surface area contributed by atoms with Gasteiger partial charge in [0, 0.05) is 4.47 Å². The first-order valence-corrected chi connectivity index (χ1v) is 6.81. The molecule has 0 unspecified atom stereocenters. The van der Waals surface area contributed by atoms with Gasteiger partial charge in [0.2, 0.25) is 0 Å². The minimum absolute atomic E-state index is 0.517. The summed E-state index contributed by atoms with van der Waals surface area (Å²) in [5.74, 6) is 0.517. The number of hydrogen-bond acceptors (Lipinski definition) is 3. The van der Waals surface area contributed by atoms with Crippen molar-refractivity contribution in [2.45, 2.75) is 33.6 Å². The van der Waals surface area contributed by atoms with E-state index >= 15 is 0 Å². The summed E-state index contributed by atoms with van der Waals surface area (Å²) >= 11 is 3.60. The maximum Gasteiger partial charge on any atom is 0.169 e. The van der Waals surface area contributed by atoms with Crippen LogP contribution in [0.1, 0.15) is 30.2 Å². The first-order chi connectivity index (χ1) is 8.54. The van der Waals surface area contributed by atoms with E-state index in [2.05, 4.69) is 59.1 Å². The van der Waals surface area contributed by atoms with Crippen LogP contribution in [-0.2, 0) is 6.42 Å². The van der Waals surface area contributed by atoms with Gasteiger partial charge < -0.3 is 5.73 Å². The lowest BCUT2D eigenvalue weighted by molar-refractivity contribution is 0.739. The Kier molecular flexibility index (Phi) is 3.71. The number of anilines is 1. The minimum atomic E-state index is 0.517. The summed E-state index contributed by atoms with van der Waals surface area (Å²) in [6.07, 6.45) is 1.89. The van der Waals surface area contributed by atoms with Gasteiger partial charge in [-0.3, -0.25) is 0 Å². The summed E-state index contributed by atoms with van der Waals surface area (Å²) < 4.78 is 2.86. The lowest BCUT2D eigenvalue weighted by atomic mass is 10.1. The van der Waals surface area contributed by atoms with E-state index in [4.69, 9.17) is 5.73 Å². The molecule has 1 heterocycles. The molecule has 2 rings (SSSR count). The average molecular weight is 309 g/mol. The first kappa shape index (κ1) is 13.1. The number of nitrogen functional groups attached to an aromatic ring is 1. The molecule has 1 aromatic carbocycles. The van der Waals surface area contributed by atoms with Gasteiger partial charge in [0.25, 0.3) is 0 Å². The second kappa shape index (κ2) is 5.10. The lowest BCUT2D eigenvalue weighted by Gasteiger charge is -2.12. The minimum Gasteiger partial charge on any atom is -0.381 e. The first-order valence-electron chi connectivity index (χ1n) is 6.01. The van der Waals surface area contributed by atoms with Gasteiger partial charge >= 0.3 is 0 Å². The molecule has 2 N–H and O–H groups in total. The van der Waals surface area contributed by atoms with Crippen molar-refractivity contribution >= 4 is 21.7 Å². The van der Waals surface area contributed by atoms with Gasteiger partial charge in [0.05, 0.1) is 11.4 Å². The SMILES string of the molecule is CCCc1c(N)nnn1-c1c(C)cc(C)cc1Br. The standard InChI is InChI=1S/C13H17BrN4/c1-4-5-11-13(15)16-17-18(11)12-9(3)6-8(2)7-10(12)14/h6-7H,4-5,15H2,1-3H3. The molecule has 0 saturated heterocycles. The number of nitrogens with zero attached hydrogens (tertiary/aromatic N) is 3. The van der Waals surface area contributed by atoms with Crippen LogP contribution in [0.25, 0.3) is 5.69 Å². The zero-order valence-corrected chi connectivity index (χ0v) is 12.5. The van der Waals surface area contributed by atoms with E-state index in [9.17, 15) is 0 Å². The van der Waals surface area contributed by atoms with Crippen LogP contribution in [0.15, 0.2) is 16.6 Å². The number of rotatable bonds is 3. The Labute approximate surface area is 115 Å². The van der Waals surface area contributed by atoms with Crippen molar-refractivity contribution in [1.82, 2.24) is 15.0 Å². The highest BCUT2D eigenvalue weighted by molar-refractivity contribution is 9.10. The molecular formula is C13H17BrN4. The molecule has 18 heavy (non-hydrogen) atoms. The molecule has 0 aliphatic carbocycles. The van der Waals surface area contributed by atoms with Crippen molar-refractivity contribution in [2.24, 2.45) is 0 Å². The monoisotopic (exact) mass is 308 g/mol. The van der Waals surface area contributed by atoms with Crippen LogP contribution in [0.4, 0.5) is 5.82 Å². The topological polar surface area (TPSA) is 56.7 Å². The van der Waals surface area contributed by atoms with E-state index in [1.165, 1.54) is 5.56 Å². The van der Waals surface area contributed by atoms with Crippen molar-refractivity contribution in [3.05, 3.63) is 33.4 Å². The average Bonchev–Trinajstić information content (AvgIpc) is 2.61. The molecule has 2 aromatic rings. The van der Waals surface area contributed by atoms with Gasteiger partial charge in [-0.2, -0.15) is 0 Å². The molecule has 0 aliphatic heterocycles. The second-order valence-electron chi connectivity index (χ2n) is 4.50. The highest BCUT2D eigenvalue weighted by Gasteiger charge is 2.15. The highest BCUT2D eigenvalue weighted by Crippen LogP contribution is 2.28. The summed E-state index contributed by atoms with van der Waals surface area (Å²) in [6, 6.07) is 4.21. The van der Waals surface area contributed by atoms with Gasteiger partial charge in [0.15, 0.2) is 5.82 Å².